The van der Waals surface area contributed by atoms with Gasteiger partial charge in [-0.15, -0.1) is 10.2 Å². The monoisotopic (exact) mass is 1170 g/mol. The highest BCUT2D eigenvalue weighted by Crippen LogP contribution is 2.38. The van der Waals surface area contributed by atoms with Crippen molar-refractivity contribution in [3.63, 3.8) is 0 Å². The molecule has 460 valence electrons. The zero-order chi connectivity index (χ0) is 60.1. The van der Waals surface area contributed by atoms with E-state index in [1.807, 2.05) is 47.9 Å². The lowest BCUT2D eigenvalue weighted by Gasteiger charge is -2.32. The van der Waals surface area contributed by atoms with Crippen LogP contribution in [0.1, 0.15) is 61.3 Å². The summed E-state index contributed by atoms with van der Waals surface area (Å²) in [7, 11) is 0. The van der Waals surface area contributed by atoms with Crippen LogP contribution in [-0.4, -0.2) is 277 Å². The van der Waals surface area contributed by atoms with Gasteiger partial charge in [0.25, 0.3) is 5.91 Å². The molecule has 2 aliphatic heterocycles. The number of ether oxygens (including phenoxy) is 4. The molecule has 0 bridgehead atoms. The summed E-state index contributed by atoms with van der Waals surface area (Å²) in [6.07, 6.45) is 2.66. The number of aromatic nitrogens is 3. The molecule has 1 aromatic heterocycles. The maximum absolute atomic E-state index is 13.7. The van der Waals surface area contributed by atoms with Gasteiger partial charge in [-0.3, -0.25) is 52.9 Å². The average Bonchev–Trinajstić information content (AvgIpc) is 3.85. The molecule has 2 aromatic carbocycles. The van der Waals surface area contributed by atoms with E-state index in [1.54, 1.807) is 32.3 Å². The third kappa shape index (κ3) is 24.4. The SMILES string of the molecule is CC(=O)N1CCC(Cc2ccc(-n3c(C(=O)NCCNC(=O)NCCOCCOCCOCCOCCNC(=O)CN4CCN(CC(=O)O)CCN(CC(=O)O)CCN(CC(=O)O)CC4)nnc3-c3cc(C(C)C)c(O)cc3O)cc2)CC1. The Labute approximate surface area is 483 Å². The number of phenolic OH excluding ortho intramolecular Hbond substituents is 2. The van der Waals surface area contributed by atoms with E-state index < -0.39 is 29.8 Å². The number of aromatic hydroxyl groups is 2. The second-order valence-electron chi connectivity index (χ2n) is 20.6. The fourth-order valence-electron chi connectivity index (χ4n) is 9.45. The molecule has 83 heavy (non-hydrogen) atoms. The molecule has 0 unspecified atom stereocenters. The van der Waals surface area contributed by atoms with E-state index in [1.165, 1.54) is 6.07 Å². The third-order valence-corrected chi connectivity index (χ3v) is 13.9. The van der Waals surface area contributed by atoms with Gasteiger partial charge < -0.3 is 70.6 Å². The molecule has 0 aliphatic carbocycles. The van der Waals surface area contributed by atoms with E-state index in [2.05, 4.69) is 31.5 Å². The Morgan fingerprint density at radius 1 is 0.566 bits per heavy atom. The smallest absolute Gasteiger partial charge is 0.317 e. The highest BCUT2D eigenvalue weighted by atomic mass is 16.6. The van der Waals surface area contributed by atoms with Crippen LogP contribution in [-0.2, 0) is 49.3 Å². The van der Waals surface area contributed by atoms with Crippen LogP contribution in [0.25, 0.3) is 17.1 Å². The zero-order valence-electron chi connectivity index (χ0n) is 47.9. The molecule has 0 radical (unpaired) electrons. The lowest BCUT2D eigenvalue weighted by atomic mass is 9.90. The van der Waals surface area contributed by atoms with Crippen LogP contribution in [0.5, 0.6) is 11.5 Å². The molecule has 0 spiro atoms. The number of urea groups is 1. The molecule has 0 saturated carbocycles. The first-order valence-corrected chi connectivity index (χ1v) is 28.2. The van der Waals surface area contributed by atoms with Gasteiger partial charge in [0.15, 0.2) is 5.82 Å². The van der Waals surface area contributed by atoms with Crippen LogP contribution >= 0.6 is 0 Å². The number of hydrogen-bond acceptors (Lipinski definition) is 19. The first-order chi connectivity index (χ1) is 39.9. The summed E-state index contributed by atoms with van der Waals surface area (Å²) in [5.74, 6) is -3.67. The molecule has 28 heteroatoms. The normalized spacial score (nSPS) is 15.5. The number of aliphatic carboxylic acids is 3. The van der Waals surface area contributed by atoms with E-state index in [0.717, 1.165) is 37.9 Å². The quantitative estimate of drug-likeness (QED) is 0.0370. The number of carboxylic acid groups (broad SMARTS) is 3. The number of amides is 5. The summed E-state index contributed by atoms with van der Waals surface area (Å²) in [5, 5.41) is 69.3. The third-order valence-electron chi connectivity index (χ3n) is 13.9. The molecule has 5 rings (SSSR count). The number of hydrogen-bond donors (Lipinski definition) is 9. The minimum absolute atomic E-state index is 0.000618. The summed E-state index contributed by atoms with van der Waals surface area (Å²) in [6.45, 7) is 11.4. The Bertz CT molecular complexity index is 2510. The average molecular weight is 1170 g/mol. The first kappa shape index (κ1) is 66.7. The second kappa shape index (κ2) is 35.8. The maximum atomic E-state index is 13.7. The Balaban J connectivity index is 0.917. The van der Waals surface area contributed by atoms with Gasteiger partial charge in [-0.25, -0.2) is 4.79 Å². The summed E-state index contributed by atoms with van der Waals surface area (Å²) < 4.78 is 23.7. The fourth-order valence-corrected chi connectivity index (χ4v) is 9.45. The summed E-state index contributed by atoms with van der Waals surface area (Å²) in [5.41, 5.74) is 2.53. The maximum Gasteiger partial charge on any atom is 0.317 e. The predicted molar refractivity (Wildman–Crippen MR) is 302 cm³/mol. The Kier molecular flexibility index (Phi) is 28.8. The number of carbonyl (C=O) groups is 7. The number of carbonyl (C=O) groups excluding carboxylic acids is 4. The first-order valence-electron chi connectivity index (χ1n) is 28.2. The van der Waals surface area contributed by atoms with Crippen molar-refractivity contribution in [3.05, 3.63) is 53.3 Å². The van der Waals surface area contributed by atoms with Crippen molar-refractivity contribution in [2.75, 3.05) is 171 Å². The molecule has 0 atom stereocenters. The molecule has 3 heterocycles. The number of piperidine rings is 1. The number of nitrogens with one attached hydrogen (secondary N) is 4. The van der Waals surface area contributed by atoms with Gasteiger partial charge in [0.2, 0.25) is 17.6 Å². The summed E-state index contributed by atoms with van der Waals surface area (Å²) >= 11 is 0. The van der Waals surface area contributed by atoms with E-state index in [4.69, 9.17) is 18.9 Å². The van der Waals surface area contributed by atoms with Crippen molar-refractivity contribution in [1.82, 2.24) is 60.5 Å². The van der Waals surface area contributed by atoms with Crippen LogP contribution in [0, 0.1) is 5.92 Å². The van der Waals surface area contributed by atoms with Gasteiger partial charge in [0.1, 0.15) is 11.5 Å². The van der Waals surface area contributed by atoms with Crippen molar-refractivity contribution in [1.29, 1.82) is 0 Å². The van der Waals surface area contributed by atoms with Crippen LogP contribution < -0.4 is 21.3 Å². The van der Waals surface area contributed by atoms with Crippen molar-refractivity contribution >= 4 is 41.7 Å². The van der Waals surface area contributed by atoms with Gasteiger partial charge in [0.05, 0.1) is 84.6 Å². The van der Waals surface area contributed by atoms with Crippen molar-refractivity contribution in [2.24, 2.45) is 5.92 Å². The van der Waals surface area contributed by atoms with Gasteiger partial charge >= 0.3 is 23.9 Å². The number of likely N-dealkylation sites (tertiary alicyclic amines) is 1. The van der Waals surface area contributed by atoms with Crippen LogP contribution in [0.15, 0.2) is 36.4 Å². The zero-order valence-corrected chi connectivity index (χ0v) is 47.9. The molecule has 28 nitrogen and oxygen atoms in total. The molecule has 3 aromatic rings. The van der Waals surface area contributed by atoms with Crippen LogP contribution in [0.3, 0.4) is 0 Å². The Hall–Kier alpha value is -7.05. The number of carboxylic acids is 3. The predicted octanol–water partition coefficient (Wildman–Crippen LogP) is -0.0431. The van der Waals surface area contributed by atoms with Gasteiger partial charge in [0, 0.05) is 110 Å². The Morgan fingerprint density at radius 3 is 1.51 bits per heavy atom. The second-order valence-corrected chi connectivity index (χ2v) is 20.6. The molecule has 2 fully saturated rings. The minimum Gasteiger partial charge on any atom is -0.508 e. The molecule has 5 amide bonds. The lowest BCUT2D eigenvalue weighted by Crippen LogP contribution is -2.50. The lowest BCUT2D eigenvalue weighted by molar-refractivity contribution is -0.140. The fraction of sp³-hybridized carbons (Fsp3) is 0.618. The van der Waals surface area contributed by atoms with E-state index in [9.17, 15) is 59.1 Å². The van der Waals surface area contributed by atoms with Crippen LogP contribution in [0.2, 0.25) is 0 Å². The van der Waals surface area contributed by atoms with Gasteiger partial charge in [-0.05, 0) is 60.4 Å². The largest absolute Gasteiger partial charge is 0.508 e. The van der Waals surface area contributed by atoms with Crippen LogP contribution in [0.4, 0.5) is 4.79 Å². The minimum atomic E-state index is -1.04. The number of benzene rings is 2. The number of rotatable bonds is 32. The van der Waals surface area contributed by atoms with E-state index in [0.29, 0.717) is 69.8 Å². The standard InChI is InChI=1S/C55H84N12O16/c1-39(2)44-33-45(47(70)34-46(44)69)52-60-61-53(67(52)43-6-4-41(5-7-43)32-42-8-14-66(15-9-42)40(3)68)54(78)57-10-11-58-55(79)59-13-25-81-27-29-83-31-30-82-28-26-80-24-12-56-48(71)35-62-16-18-63(36-49(72)73)20-22-65(38-51(76)77)23-21-64(19-17-62)37-50(74)75/h4-7,33-34,39,42,69-70H,8-32,35-38H2,1-3H3,(H,56,71)(H,57,78)(H,72,73)(H,74,75)(H,76,77)(H2,58,59,79). The van der Waals surface area contributed by atoms with E-state index in [-0.39, 0.29) is 151 Å². The van der Waals surface area contributed by atoms with Gasteiger partial charge in [-0.1, -0.05) is 26.0 Å². The number of phenols is 2. The highest BCUT2D eigenvalue weighted by Gasteiger charge is 2.27. The van der Waals surface area contributed by atoms with E-state index >= 15 is 0 Å². The van der Waals surface area contributed by atoms with Crippen molar-refractivity contribution in [2.45, 2.75) is 46.0 Å². The molecule has 2 saturated heterocycles. The topological polar surface area (TPSA) is 353 Å². The van der Waals surface area contributed by atoms with Crippen molar-refractivity contribution in [3.8, 4) is 28.6 Å². The summed E-state index contributed by atoms with van der Waals surface area (Å²) in [4.78, 5) is 94.1. The van der Waals surface area contributed by atoms with Gasteiger partial charge in [-0.2, -0.15) is 0 Å². The molecule has 9 N–H and O–H groups in total. The van der Waals surface area contributed by atoms with Crippen molar-refractivity contribution < 1.29 is 78.0 Å². The molecular weight excluding hydrogens is 1080 g/mol. The summed E-state index contributed by atoms with van der Waals surface area (Å²) in [6, 6.07) is 10.1. The Morgan fingerprint density at radius 2 is 1.02 bits per heavy atom. The molecular formula is C55H84N12O16. The highest BCUT2D eigenvalue weighted by molar-refractivity contribution is 5.92. The number of nitrogens with zero attached hydrogens (tertiary/aromatic N) is 8. The molecule has 2 aliphatic rings.